The highest BCUT2D eigenvalue weighted by Crippen LogP contribution is 2.41. The molecule has 1 aromatic heterocycles. The van der Waals surface area contributed by atoms with Crippen molar-refractivity contribution >= 4 is 86.6 Å². The van der Waals surface area contributed by atoms with E-state index in [0.717, 1.165) is 21.6 Å². The zero-order valence-corrected chi connectivity index (χ0v) is 29.0. The molecule has 3 aliphatic heterocycles. The lowest BCUT2D eigenvalue weighted by Gasteiger charge is -2.49. The van der Waals surface area contributed by atoms with Crippen molar-refractivity contribution in [2.45, 2.75) is 29.4 Å². The van der Waals surface area contributed by atoms with Gasteiger partial charge in [-0.2, -0.15) is 8.42 Å². The molecular weight excluding hydrogens is 771 g/mol. The number of fused-ring (bicyclic) bond motifs is 1. The molecule has 0 saturated carbocycles. The molecule has 282 valence electrons. The zero-order chi connectivity index (χ0) is 38.8. The Kier molecular flexibility index (Phi) is 11.2. The van der Waals surface area contributed by atoms with E-state index >= 15 is 0 Å². The third-order valence-corrected chi connectivity index (χ3v) is 9.88. The first-order valence-corrected chi connectivity index (χ1v) is 17.9. The molecule has 1 aromatic carbocycles. The average molecular weight is 798 g/mol. The number of β-lactam (4-membered cyclic amide) rings is 1. The van der Waals surface area contributed by atoms with E-state index in [0.29, 0.717) is 4.68 Å². The number of ether oxygens (including phenoxy) is 1. The van der Waals surface area contributed by atoms with E-state index in [1.165, 1.54) is 24.3 Å². The minimum Gasteiger partial charge on any atom is -0.480 e. The van der Waals surface area contributed by atoms with Crippen molar-refractivity contribution in [3.05, 3.63) is 46.9 Å². The van der Waals surface area contributed by atoms with Crippen LogP contribution in [0.15, 0.2) is 35.5 Å². The molecule has 0 radical (unpaired) electrons. The quantitative estimate of drug-likeness (QED) is 0.0446. The number of carboxylic acid groups (broad SMARTS) is 2. The number of aromatic nitrogens is 4. The number of aliphatic carboxylic acids is 2. The monoisotopic (exact) mass is 797 g/mol. The standard InChI is InChI=1S/C26H27N11O13S3/c27-13(22(40)41)7-50-26(46)29-11-3-1-10(2-4-11)14(31-25(45)35-6-5-28-24(35)44)19(38)30-15-20(39)37-16(23(42)43)12(8-52-21(15)37)17(51)18-32-33-34-36(18)9-53(47,48)49/h1-4,13-15,21H,5-9,27H2,(H,28,44)(H,29,46)(H,30,38)(H,31,45)(H,40,41)(H,42,43)(H,47,48,49)/t13-,14-,15-,21+/m1/s1. The molecule has 2 aromatic rings. The first-order valence-electron chi connectivity index (χ1n) is 14.8. The van der Waals surface area contributed by atoms with Gasteiger partial charge < -0.3 is 36.6 Å². The third kappa shape index (κ3) is 8.49. The molecule has 2 fully saturated rings. The molecule has 4 atom stereocenters. The topological polar surface area (TPSA) is 348 Å². The number of nitrogens with zero attached hydrogens (tertiary/aromatic N) is 6. The van der Waals surface area contributed by atoms with Crippen LogP contribution in [0, 0.1) is 0 Å². The number of nitrogens with one attached hydrogen (secondary N) is 4. The number of hydrogen-bond donors (Lipinski definition) is 8. The van der Waals surface area contributed by atoms with E-state index in [4.69, 9.17) is 27.8 Å². The van der Waals surface area contributed by atoms with Gasteiger partial charge in [0.15, 0.2) is 11.7 Å². The Balaban J connectivity index is 1.34. The van der Waals surface area contributed by atoms with Gasteiger partial charge in [0.05, 0.1) is 4.86 Å². The number of benzene rings is 1. The number of nitrogens with two attached hydrogens (primary N) is 1. The Bertz CT molecular complexity index is 2040. The van der Waals surface area contributed by atoms with Crippen molar-refractivity contribution in [2.75, 3.05) is 30.8 Å². The summed E-state index contributed by atoms with van der Waals surface area (Å²) in [5, 5.41) is 38.0. The summed E-state index contributed by atoms with van der Waals surface area (Å²) >= 11 is 6.35. The number of carbonyl (C=O) groups excluding carboxylic acids is 5. The number of thioether (sulfide) groups is 1. The fourth-order valence-corrected chi connectivity index (χ4v) is 7.33. The Morgan fingerprint density at radius 2 is 1.85 bits per heavy atom. The van der Waals surface area contributed by atoms with Gasteiger partial charge in [-0.15, -0.1) is 16.9 Å². The van der Waals surface area contributed by atoms with Gasteiger partial charge in [-0.25, -0.2) is 28.8 Å². The lowest BCUT2D eigenvalue weighted by atomic mass is 9.99. The molecule has 24 nitrogen and oxygen atoms in total. The Morgan fingerprint density at radius 3 is 2.45 bits per heavy atom. The van der Waals surface area contributed by atoms with Crippen LogP contribution in [-0.2, 0) is 39.9 Å². The molecule has 0 aliphatic carbocycles. The number of rotatable bonds is 13. The van der Waals surface area contributed by atoms with E-state index < -0.39 is 93.7 Å². The smallest absolute Gasteiger partial charge is 0.411 e. The number of urea groups is 2. The van der Waals surface area contributed by atoms with Crippen molar-refractivity contribution < 1.29 is 61.5 Å². The number of carbonyl (C=O) groups is 7. The largest absolute Gasteiger partial charge is 0.480 e. The second-order valence-electron chi connectivity index (χ2n) is 11.1. The Labute approximate surface area is 306 Å². The van der Waals surface area contributed by atoms with Crippen LogP contribution in [0.25, 0.3) is 0 Å². The summed E-state index contributed by atoms with van der Waals surface area (Å²) in [6.45, 7) is -0.479. The molecule has 27 heteroatoms. The van der Waals surface area contributed by atoms with E-state index in [2.05, 4.69) is 36.8 Å². The minimum atomic E-state index is -4.63. The summed E-state index contributed by atoms with van der Waals surface area (Å²) in [6.07, 6.45) is -1.04. The molecule has 4 heterocycles. The van der Waals surface area contributed by atoms with Gasteiger partial charge in [0.1, 0.15) is 35.8 Å². The lowest BCUT2D eigenvalue weighted by molar-refractivity contribution is -0.150. The van der Waals surface area contributed by atoms with Gasteiger partial charge in [-0.05, 0) is 28.1 Å². The van der Waals surface area contributed by atoms with E-state index in [-0.39, 0.29) is 46.4 Å². The van der Waals surface area contributed by atoms with Gasteiger partial charge in [0.25, 0.3) is 16.0 Å². The van der Waals surface area contributed by atoms with Gasteiger partial charge in [0.2, 0.25) is 5.91 Å². The summed E-state index contributed by atoms with van der Waals surface area (Å²) in [5.74, 6) is -6.41. The average Bonchev–Trinajstić information content (AvgIpc) is 3.75. The first kappa shape index (κ1) is 38.5. The molecule has 5 rings (SSSR count). The van der Waals surface area contributed by atoms with E-state index in [9.17, 15) is 51.6 Å². The summed E-state index contributed by atoms with van der Waals surface area (Å²) in [7, 11) is -4.63. The zero-order valence-electron chi connectivity index (χ0n) is 26.6. The number of amides is 7. The van der Waals surface area contributed by atoms with Crippen LogP contribution in [-0.4, -0.2) is 143 Å². The fourth-order valence-electron chi connectivity index (χ4n) is 5.09. The third-order valence-electron chi connectivity index (χ3n) is 7.60. The maximum Gasteiger partial charge on any atom is 0.411 e. The molecule has 0 spiro atoms. The second-order valence-corrected chi connectivity index (χ2v) is 14.1. The van der Waals surface area contributed by atoms with Crippen molar-refractivity contribution in [3.8, 4) is 0 Å². The predicted molar refractivity (Wildman–Crippen MR) is 179 cm³/mol. The van der Waals surface area contributed by atoms with Crippen molar-refractivity contribution in [1.82, 2.24) is 46.0 Å². The second kappa shape index (κ2) is 15.5. The van der Waals surface area contributed by atoms with Crippen LogP contribution in [0.3, 0.4) is 0 Å². The molecule has 9 N–H and O–H groups in total. The molecule has 7 amide bonds. The Morgan fingerprint density at radius 1 is 1.15 bits per heavy atom. The van der Waals surface area contributed by atoms with Gasteiger partial charge in [-0.1, -0.05) is 24.4 Å². The van der Waals surface area contributed by atoms with Crippen LogP contribution in [0.4, 0.5) is 20.1 Å². The maximum atomic E-state index is 13.7. The van der Waals surface area contributed by atoms with Crippen molar-refractivity contribution in [1.29, 1.82) is 0 Å². The summed E-state index contributed by atoms with van der Waals surface area (Å²) < 4.78 is 37.4. The number of hydrogen-bond acceptors (Lipinski definition) is 16. The fraction of sp³-hybridized carbons (Fsp3) is 0.346. The number of thiocarbonyl (C=S) groups is 1. The van der Waals surface area contributed by atoms with Crippen molar-refractivity contribution in [2.24, 2.45) is 5.73 Å². The first-order chi connectivity index (χ1) is 25.0. The van der Waals surface area contributed by atoms with Crippen LogP contribution in [0.2, 0.25) is 0 Å². The normalized spacial score (nSPS) is 19.3. The molecule has 0 unspecified atom stereocenters. The highest BCUT2D eigenvalue weighted by Gasteiger charge is 2.55. The van der Waals surface area contributed by atoms with E-state index in [1.54, 1.807) is 0 Å². The van der Waals surface area contributed by atoms with Crippen LogP contribution in [0.1, 0.15) is 17.4 Å². The van der Waals surface area contributed by atoms with Crippen LogP contribution in [0.5, 0.6) is 0 Å². The molecular formula is C26H27N11O13S3. The van der Waals surface area contributed by atoms with Crippen molar-refractivity contribution in [3.63, 3.8) is 0 Å². The minimum absolute atomic E-state index is 0.0129. The summed E-state index contributed by atoms with van der Waals surface area (Å²) in [5.41, 5.74) is 4.86. The number of tetrazole rings is 1. The highest BCUT2D eigenvalue weighted by atomic mass is 32.2. The SMILES string of the molecule is N[C@H](COC(=O)Nc1ccc([C@@H](NC(=O)N2CCNC2=O)C(=O)N[C@@H]2C(=O)N3C(C(=O)O)=C(C(=S)c4nnnn4CS(=O)(=O)O)CS[C@@H]23)cc1)C(=O)O. The maximum absolute atomic E-state index is 13.7. The Hall–Kier alpha value is -5.77. The van der Waals surface area contributed by atoms with E-state index in [1.807, 2.05) is 0 Å². The number of imide groups is 1. The lowest BCUT2D eigenvalue weighted by Crippen LogP contribution is -2.71. The molecule has 53 heavy (non-hydrogen) atoms. The van der Waals surface area contributed by atoms with Gasteiger partial charge in [0, 0.05) is 30.1 Å². The number of carboxylic acids is 2. The summed E-state index contributed by atoms with van der Waals surface area (Å²) in [6, 6.07) is -0.712. The van der Waals surface area contributed by atoms with Crippen LogP contribution < -0.4 is 27.0 Å². The summed E-state index contributed by atoms with van der Waals surface area (Å²) in [4.78, 5) is 89.0. The van der Waals surface area contributed by atoms with Gasteiger partial charge in [-0.3, -0.25) is 29.2 Å². The molecule has 0 bridgehead atoms. The van der Waals surface area contributed by atoms with Gasteiger partial charge >= 0.3 is 30.1 Å². The molecule has 3 aliphatic rings. The van der Waals surface area contributed by atoms with Crippen LogP contribution >= 0.6 is 24.0 Å². The number of anilines is 1. The molecule has 2 saturated heterocycles. The highest BCUT2D eigenvalue weighted by molar-refractivity contribution is 8.00. The predicted octanol–water partition coefficient (Wildman–Crippen LogP) is -2.59.